The van der Waals surface area contributed by atoms with Gasteiger partial charge >= 0.3 is 5.97 Å². The minimum Gasteiger partial charge on any atom is -0.481 e. The highest BCUT2D eigenvalue weighted by Crippen LogP contribution is 2.14. The number of carboxylic acids is 1. The quantitative estimate of drug-likeness (QED) is 0.792. The minimum atomic E-state index is -0.760. The maximum atomic E-state index is 10.7. The summed E-state index contributed by atoms with van der Waals surface area (Å²) in [6.45, 7) is 5.41. The van der Waals surface area contributed by atoms with Crippen LogP contribution in [0.1, 0.15) is 18.1 Å². The summed E-state index contributed by atoms with van der Waals surface area (Å²) in [5.74, 6) is -1.11. The highest BCUT2D eigenvalue weighted by atomic mass is 16.4. The van der Waals surface area contributed by atoms with Crippen LogP contribution in [0.25, 0.3) is 6.08 Å². The van der Waals surface area contributed by atoms with Gasteiger partial charge in [-0.3, -0.25) is 4.79 Å². The van der Waals surface area contributed by atoms with E-state index in [1.807, 2.05) is 24.3 Å². The summed E-state index contributed by atoms with van der Waals surface area (Å²) >= 11 is 0. The molecule has 0 aliphatic rings. The van der Waals surface area contributed by atoms with Gasteiger partial charge in [0, 0.05) is 0 Å². The molecule has 0 fully saturated rings. The van der Waals surface area contributed by atoms with Crippen LogP contribution in [-0.2, 0) is 11.2 Å². The molecule has 2 heteroatoms. The Hall–Kier alpha value is -1.57. The van der Waals surface area contributed by atoms with Crippen LogP contribution >= 0.6 is 0 Å². The summed E-state index contributed by atoms with van der Waals surface area (Å²) < 4.78 is 0. The zero-order valence-electron chi connectivity index (χ0n) is 8.23. The van der Waals surface area contributed by atoms with E-state index in [2.05, 4.69) is 6.58 Å². The van der Waals surface area contributed by atoms with Gasteiger partial charge in [-0.15, -0.1) is 0 Å². The summed E-state index contributed by atoms with van der Waals surface area (Å²) in [5.41, 5.74) is 2.05. The molecule has 0 aliphatic heterocycles. The van der Waals surface area contributed by atoms with Crippen molar-refractivity contribution >= 4 is 12.0 Å². The number of hydrogen-bond acceptors (Lipinski definition) is 1. The highest BCUT2D eigenvalue weighted by molar-refractivity contribution is 5.70. The number of aliphatic carboxylic acids is 1. The van der Waals surface area contributed by atoms with Crippen molar-refractivity contribution in [2.24, 2.45) is 5.92 Å². The molecule has 0 saturated carbocycles. The van der Waals surface area contributed by atoms with E-state index in [-0.39, 0.29) is 5.92 Å². The van der Waals surface area contributed by atoms with Crippen molar-refractivity contribution in [2.75, 3.05) is 0 Å². The Bertz CT molecular complexity index is 342. The molecule has 1 rings (SSSR count). The van der Waals surface area contributed by atoms with Crippen molar-refractivity contribution in [3.8, 4) is 0 Å². The average molecular weight is 190 g/mol. The fourth-order valence-electron chi connectivity index (χ4n) is 1.34. The molecule has 1 aromatic rings. The summed E-state index contributed by atoms with van der Waals surface area (Å²) in [7, 11) is 0. The molecule has 0 aromatic heterocycles. The first-order chi connectivity index (χ1) is 6.65. The fourth-order valence-corrected chi connectivity index (χ4v) is 1.34. The second kappa shape index (κ2) is 4.61. The maximum absolute atomic E-state index is 10.7. The predicted octanol–water partition coefficient (Wildman–Crippen LogP) is 2.59. The van der Waals surface area contributed by atoms with Crippen LogP contribution in [0.5, 0.6) is 0 Å². The van der Waals surface area contributed by atoms with Crippen molar-refractivity contribution in [1.82, 2.24) is 0 Å². The van der Waals surface area contributed by atoms with Crippen LogP contribution in [0.4, 0.5) is 0 Å². The van der Waals surface area contributed by atoms with Crippen LogP contribution < -0.4 is 0 Å². The lowest BCUT2D eigenvalue weighted by Crippen LogP contribution is -2.12. The molecule has 1 unspecified atom stereocenters. The second-order valence-electron chi connectivity index (χ2n) is 3.35. The number of carbonyl (C=O) groups is 1. The van der Waals surface area contributed by atoms with Gasteiger partial charge in [0.15, 0.2) is 0 Å². The van der Waals surface area contributed by atoms with Crippen LogP contribution in [0.15, 0.2) is 30.8 Å². The molecule has 74 valence electrons. The summed E-state index contributed by atoms with van der Waals surface area (Å²) in [4.78, 5) is 10.7. The van der Waals surface area contributed by atoms with Crippen LogP contribution in [-0.4, -0.2) is 11.1 Å². The molecule has 0 saturated heterocycles. The normalized spacial score (nSPS) is 12.1. The minimum absolute atomic E-state index is 0.351. The monoisotopic (exact) mass is 190 g/mol. The van der Waals surface area contributed by atoms with Crippen molar-refractivity contribution in [2.45, 2.75) is 13.3 Å². The lowest BCUT2D eigenvalue weighted by Gasteiger charge is -2.08. The molecule has 0 radical (unpaired) electrons. The first-order valence-electron chi connectivity index (χ1n) is 4.58. The smallest absolute Gasteiger partial charge is 0.306 e. The Kier molecular flexibility index (Phi) is 3.46. The molecule has 1 aromatic carbocycles. The zero-order valence-corrected chi connectivity index (χ0v) is 8.23. The molecule has 0 spiro atoms. The van der Waals surface area contributed by atoms with Gasteiger partial charge in [0.2, 0.25) is 0 Å². The van der Waals surface area contributed by atoms with Crippen molar-refractivity contribution in [1.29, 1.82) is 0 Å². The summed E-state index contributed by atoms with van der Waals surface area (Å²) in [5, 5.41) is 8.78. The Morgan fingerprint density at radius 2 is 2.21 bits per heavy atom. The van der Waals surface area contributed by atoms with E-state index >= 15 is 0 Å². The SMILES string of the molecule is C=Cc1ccccc1CC(C)C(=O)O. The Labute approximate surface area is 83.9 Å². The molecule has 0 amide bonds. The van der Waals surface area contributed by atoms with Crippen molar-refractivity contribution in [3.05, 3.63) is 42.0 Å². The maximum Gasteiger partial charge on any atom is 0.306 e. The van der Waals surface area contributed by atoms with Gasteiger partial charge in [-0.1, -0.05) is 43.8 Å². The molecule has 1 atom stereocenters. The van der Waals surface area contributed by atoms with Gasteiger partial charge in [0.25, 0.3) is 0 Å². The Morgan fingerprint density at radius 3 is 2.79 bits per heavy atom. The molecular weight excluding hydrogens is 176 g/mol. The second-order valence-corrected chi connectivity index (χ2v) is 3.35. The highest BCUT2D eigenvalue weighted by Gasteiger charge is 2.12. The van der Waals surface area contributed by atoms with Crippen LogP contribution in [0, 0.1) is 5.92 Å². The van der Waals surface area contributed by atoms with E-state index in [1.54, 1.807) is 13.0 Å². The third-order valence-electron chi connectivity index (χ3n) is 2.22. The fraction of sp³-hybridized carbons (Fsp3) is 0.250. The van der Waals surface area contributed by atoms with Gasteiger partial charge in [0.05, 0.1) is 5.92 Å². The van der Waals surface area contributed by atoms with Gasteiger partial charge in [0.1, 0.15) is 0 Å². The van der Waals surface area contributed by atoms with Crippen molar-refractivity contribution < 1.29 is 9.90 Å². The largest absolute Gasteiger partial charge is 0.481 e. The number of rotatable bonds is 4. The summed E-state index contributed by atoms with van der Waals surface area (Å²) in [6, 6.07) is 7.72. The van der Waals surface area contributed by atoms with Crippen molar-refractivity contribution in [3.63, 3.8) is 0 Å². The standard InChI is InChI=1S/C12H14O2/c1-3-10-6-4-5-7-11(10)8-9(2)12(13)14/h3-7,9H,1,8H2,2H3,(H,13,14). The van der Waals surface area contributed by atoms with Gasteiger partial charge in [-0.2, -0.15) is 0 Å². The number of hydrogen-bond donors (Lipinski definition) is 1. The third-order valence-corrected chi connectivity index (χ3v) is 2.22. The van der Waals surface area contributed by atoms with Gasteiger partial charge in [-0.25, -0.2) is 0 Å². The predicted molar refractivity (Wildman–Crippen MR) is 57.0 cm³/mol. The number of carboxylic acid groups (broad SMARTS) is 1. The zero-order chi connectivity index (χ0) is 10.6. The van der Waals surface area contributed by atoms with E-state index in [0.717, 1.165) is 11.1 Å². The molecule has 0 aliphatic carbocycles. The third kappa shape index (κ3) is 2.46. The topological polar surface area (TPSA) is 37.3 Å². The molecule has 0 heterocycles. The first kappa shape index (κ1) is 10.5. The Morgan fingerprint density at radius 1 is 1.57 bits per heavy atom. The molecule has 0 bridgehead atoms. The molecule has 2 nitrogen and oxygen atoms in total. The van der Waals surface area contributed by atoms with E-state index in [9.17, 15) is 4.79 Å². The average Bonchev–Trinajstić information content (AvgIpc) is 2.18. The van der Waals surface area contributed by atoms with Gasteiger partial charge < -0.3 is 5.11 Å². The first-order valence-corrected chi connectivity index (χ1v) is 4.58. The lowest BCUT2D eigenvalue weighted by atomic mass is 9.97. The summed E-state index contributed by atoms with van der Waals surface area (Å²) in [6.07, 6.45) is 2.31. The van der Waals surface area contributed by atoms with Crippen LogP contribution in [0.2, 0.25) is 0 Å². The lowest BCUT2D eigenvalue weighted by molar-refractivity contribution is -0.141. The van der Waals surface area contributed by atoms with E-state index in [4.69, 9.17) is 5.11 Å². The molecule has 14 heavy (non-hydrogen) atoms. The van der Waals surface area contributed by atoms with Crippen LogP contribution in [0.3, 0.4) is 0 Å². The number of benzene rings is 1. The van der Waals surface area contributed by atoms with Gasteiger partial charge in [-0.05, 0) is 17.5 Å². The Balaban J connectivity index is 2.85. The van der Waals surface area contributed by atoms with E-state index in [1.165, 1.54) is 0 Å². The van der Waals surface area contributed by atoms with E-state index in [0.29, 0.717) is 6.42 Å². The molecular formula is C12H14O2. The molecule has 1 N–H and O–H groups in total. The van der Waals surface area contributed by atoms with E-state index < -0.39 is 5.97 Å².